The molecule has 2 fully saturated rings. The van der Waals surface area contributed by atoms with E-state index in [9.17, 15) is 4.79 Å². The van der Waals surface area contributed by atoms with Crippen molar-refractivity contribution >= 4 is 5.91 Å². The first kappa shape index (κ1) is 12.7. The van der Waals surface area contributed by atoms with Gasteiger partial charge in [-0.15, -0.1) is 0 Å². The van der Waals surface area contributed by atoms with Gasteiger partial charge in [-0.3, -0.25) is 15.1 Å². The Kier molecular flexibility index (Phi) is 3.57. The zero-order chi connectivity index (χ0) is 13.2. The van der Waals surface area contributed by atoms with Gasteiger partial charge in [0.05, 0.1) is 18.4 Å². The van der Waals surface area contributed by atoms with Crippen molar-refractivity contribution < 1.29 is 9.21 Å². The number of amides is 1. The number of rotatable bonds is 7. The summed E-state index contributed by atoms with van der Waals surface area (Å²) in [7, 11) is 0. The Morgan fingerprint density at radius 2 is 1.95 bits per heavy atom. The Morgan fingerprint density at radius 3 is 2.47 bits per heavy atom. The number of hydrogen-bond acceptors (Lipinski definition) is 4. The van der Waals surface area contributed by atoms with Crippen molar-refractivity contribution in [3.05, 3.63) is 23.7 Å². The number of hydrazine groups is 1. The van der Waals surface area contributed by atoms with Crippen LogP contribution in [0.15, 0.2) is 16.7 Å². The second kappa shape index (κ2) is 5.35. The molecule has 1 aromatic rings. The minimum atomic E-state index is -0.276. The normalized spacial score (nSPS) is 18.8. The molecule has 1 heterocycles. The van der Waals surface area contributed by atoms with Crippen LogP contribution in [0.1, 0.15) is 41.8 Å². The van der Waals surface area contributed by atoms with E-state index in [4.69, 9.17) is 10.3 Å². The zero-order valence-corrected chi connectivity index (χ0v) is 11.1. The molecule has 3 N–H and O–H groups in total. The molecule has 0 spiro atoms. The SMILES string of the molecule is NNC(=O)c1ccoc1CN(CC1CC1)CC1CC1. The van der Waals surface area contributed by atoms with Crippen LogP contribution in [0.2, 0.25) is 0 Å². The van der Waals surface area contributed by atoms with Crippen molar-refractivity contribution in [2.75, 3.05) is 13.1 Å². The molecule has 0 saturated heterocycles. The minimum absolute atomic E-state index is 0.276. The fraction of sp³-hybridized carbons (Fsp3) is 0.643. The second-order valence-electron chi connectivity index (χ2n) is 5.81. The average Bonchev–Trinajstić information content (AvgIpc) is 3.32. The fourth-order valence-corrected chi connectivity index (χ4v) is 2.48. The van der Waals surface area contributed by atoms with Gasteiger partial charge in [-0.25, -0.2) is 5.84 Å². The lowest BCUT2D eigenvalue weighted by molar-refractivity contribution is 0.0949. The molecule has 0 radical (unpaired) electrons. The largest absolute Gasteiger partial charge is 0.467 e. The summed E-state index contributed by atoms with van der Waals surface area (Å²) in [4.78, 5) is 14.1. The highest BCUT2D eigenvalue weighted by Gasteiger charge is 2.30. The van der Waals surface area contributed by atoms with E-state index >= 15 is 0 Å². The van der Waals surface area contributed by atoms with Gasteiger partial charge in [0, 0.05) is 13.1 Å². The van der Waals surface area contributed by atoms with Crippen molar-refractivity contribution in [2.45, 2.75) is 32.2 Å². The molecule has 1 aromatic heterocycles. The Bertz CT molecular complexity index is 435. The molecule has 0 aromatic carbocycles. The third-order valence-corrected chi connectivity index (χ3v) is 3.91. The highest BCUT2D eigenvalue weighted by molar-refractivity contribution is 5.94. The summed E-state index contributed by atoms with van der Waals surface area (Å²) in [5.74, 6) is 7.33. The lowest BCUT2D eigenvalue weighted by Crippen LogP contribution is -2.32. The van der Waals surface area contributed by atoms with Crippen LogP contribution in [0, 0.1) is 11.8 Å². The molecule has 2 aliphatic carbocycles. The van der Waals surface area contributed by atoms with Crippen molar-refractivity contribution in [1.29, 1.82) is 0 Å². The number of nitrogen functional groups attached to an aromatic ring is 1. The Balaban J connectivity index is 1.65. The maximum atomic E-state index is 11.6. The van der Waals surface area contributed by atoms with Gasteiger partial charge in [0.25, 0.3) is 5.91 Å². The molecule has 2 aliphatic rings. The molecule has 0 atom stereocenters. The molecule has 0 bridgehead atoms. The van der Waals surface area contributed by atoms with E-state index < -0.39 is 0 Å². The van der Waals surface area contributed by atoms with Crippen LogP contribution in [-0.2, 0) is 6.54 Å². The monoisotopic (exact) mass is 263 g/mol. The molecular formula is C14H21N3O2. The van der Waals surface area contributed by atoms with Crippen LogP contribution < -0.4 is 11.3 Å². The van der Waals surface area contributed by atoms with Gasteiger partial charge in [0.15, 0.2) is 0 Å². The van der Waals surface area contributed by atoms with E-state index in [1.165, 1.54) is 25.7 Å². The number of furan rings is 1. The van der Waals surface area contributed by atoms with Gasteiger partial charge in [0.2, 0.25) is 0 Å². The van der Waals surface area contributed by atoms with Crippen LogP contribution in [0.25, 0.3) is 0 Å². The van der Waals surface area contributed by atoms with E-state index in [0.29, 0.717) is 12.1 Å². The van der Waals surface area contributed by atoms with Gasteiger partial charge in [-0.1, -0.05) is 0 Å². The Labute approximate surface area is 113 Å². The molecule has 3 rings (SSSR count). The lowest BCUT2D eigenvalue weighted by Gasteiger charge is -2.21. The van der Waals surface area contributed by atoms with Gasteiger partial charge >= 0.3 is 0 Å². The first-order chi connectivity index (χ1) is 9.26. The summed E-state index contributed by atoms with van der Waals surface area (Å²) in [5.41, 5.74) is 2.72. The summed E-state index contributed by atoms with van der Waals surface area (Å²) >= 11 is 0. The smallest absolute Gasteiger partial charge is 0.268 e. The first-order valence-corrected chi connectivity index (χ1v) is 7.06. The quantitative estimate of drug-likeness (QED) is 0.444. The molecule has 19 heavy (non-hydrogen) atoms. The Hall–Kier alpha value is -1.33. The van der Waals surface area contributed by atoms with E-state index in [2.05, 4.69) is 10.3 Å². The molecule has 5 heteroatoms. The predicted molar refractivity (Wildman–Crippen MR) is 71.1 cm³/mol. The molecular weight excluding hydrogens is 242 g/mol. The van der Waals surface area contributed by atoms with Crippen LogP contribution in [0.4, 0.5) is 0 Å². The van der Waals surface area contributed by atoms with E-state index in [1.807, 2.05) is 0 Å². The van der Waals surface area contributed by atoms with Crippen molar-refractivity contribution in [1.82, 2.24) is 10.3 Å². The van der Waals surface area contributed by atoms with Gasteiger partial charge in [-0.05, 0) is 43.6 Å². The van der Waals surface area contributed by atoms with Gasteiger partial charge in [0.1, 0.15) is 5.76 Å². The lowest BCUT2D eigenvalue weighted by atomic mass is 10.2. The molecule has 2 saturated carbocycles. The van der Waals surface area contributed by atoms with Crippen LogP contribution in [0.5, 0.6) is 0 Å². The standard InChI is InChI=1S/C14H21N3O2/c15-16-14(18)12-5-6-19-13(12)9-17(7-10-1-2-10)8-11-3-4-11/h5-6,10-11H,1-4,7-9,15H2,(H,16,18). The summed E-state index contributed by atoms with van der Waals surface area (Å²) < 4.78 is 5.46. The van der Waals surface area contributed by atoms with E-state index in [0.717, 1.165) is 30.7 Å². The fourth-order valence-electron chi connectivity index (χ4n) is 2.48. The Morgan fingerprint density at radius 1 is 1.32 bits per heavy atom. The maximum absolute atomic E-state index is 11.6. The summed E-state index contributed by atoms with van der Waals surface area (Å²) in [6, 6.07) is 1.68. The van der Waals surface area contributed by atoms with Gasteiger partial charge < -0.3 is 4.42 Å². The summed E-state index contributed by atoms with van der Waals surface area (Å²) in [6.07, 6.45) is 6.93. The molecule has 5 nitrogen and oxygen atoms in total. The first-order valence-electron chi connectivity index (χ1n) is 7.06. The maximum Gasteiger partial charge on any atom is 0.268 e. The predicted octanol–water partition coefficient (Wildman–Crippen LogP) is 1.51. The number of carbonyl (C=O) groups excluding carboxylic acids is 1. The van der Waals surface area contributed by atoms with Crippen molar-refractivity contribution in [3.8, 4) is 0 Å². The number of hydrogen-bond donors (Lipinski definition) is 2. The highest BCUT2D eigenvalue weighted by atomic mass is 16.3. The van der Waals surface area contributed by atoms with Crippen LogP contribution >= 0.6 is 0 Å². The topological polar surface area (TPSA) is 71.5 Å². The van der Waals surface area contributed by atoms with Crippen molar-refractivity contribution in [2.24, 2.45) is 17.7 Å². The second-order valence-corrected chi connectivity index (χ2v) is 5.81. The summed E-state index contributed by atoms with van der Waals surface area (Å²) in [6.45, 7) is 2.96. The molecule has 104 valence electrons. The van der Waals surface area contributed by atoms with Gasteiger partial charge in [-0.2, -0.15) is 0 Å². The molecule has 1 amide bonds. The number of nitrogens with two attached hydrogens (primary N) is 1. The number of nitrogens with zero attached hydrogens (tertiary/aromatic N) is 1. The third-order valence-electron chi connectivity index (χ3n) is 3.91. The molecule has 0 unspecified atom stereocenters. The van der Waals surface area contributed by atoms with E-state index in [-0.39, 0.29) is 5.91 Å². The highest BCUT2D eigenvalue weighted by Crippen LogP contribution is 2.34. The van der Waals surface area contributed by atoms with Crippen LogP contribution in [0.3, 0.4) is 0 Å². The zero-order valence-electron chi connectivity index (χ0n) is 11.1. The minimum Gasteiger partial charge on any atom is -0.467 e. The number of carbonyl (C=O) groups is 1. The van der Waals surface area contributed by atoms with Crippen LogP contribution in [-0.4, -0.2) is 23.9 Å². The summed E-state index contributed by atoms with van der Waals surface area (Å²) in [5, 5.41) is 0. The number of nitrogens with one attached hydrogen (secondary N) is 1. The molecule has 0 aliphatic heterocycles. The van der Waals surface area contributed by atoms with Crippen molar-refractivity contribution in [3.63, 3.8) is 0 Å². The van der Waals surface area contributed by atoms with E-state index in [1.54, 1.807) is 12.3 Å². The third kappa shape index (κ3) is 3.36. The average molecular weight is 263 g/mol.